The molecule has 1 heterocycles. The fourth-order valence-electron chi connectivity index (χ4n) is 2.86. The molecular formula is C20H14N2OS. The Hall–Kier alpha value is -2.77. The molecule has 1 aliphatic rings. The highest BCUT2D eigenvalue weighted by Gasteiger charge is 2.22. The lowest BCUT2D eigenvalue weighted by Gasteiger charge is -2.08. The van der Waals surface area contributed by atoms with Gasteiger partial charge in [-0.05, 0) is 49.4 Å². The standard InChI is InChI=1S/C20H14N2OS/c1-2-23-17-11-10-16-19-15(17)4-3-5-18(19)24-20(16)22-14-8-6-13(12-21)7-9-14/h3-11H,2H2,1H3. The molecule has 1 aliphatic heterocycles. The lowest BCUT2D eigenvalue weighted by atomic mass is 10.0. The van der Waals surface area contributed by atoms with Gasteiger partial charge in [0.2, 0.25) is 0 Å². The summed E-state index contributed by atoms with van der Waals surface area (Å²) in [6.45, 7) is 2.65. The Morgan fingerprint density at radius 2 is 1.92 bits per heavy atom. The molecule has 0 aliphatic carbocycles. The van der Waals surface area contributed by atoms with E-state index < -0.39 is 0 Å². The van der Waals surface area contributed by atoms with E-state index in [1.807, 2.05) is 25.1 Å². The van der Waals surface area contributed by atoms with Crippen LogP contribution < -0.4 is 4.74 Å². The van der Waals surface area contributed by atoms with Gasteiger partial charge in [-0.3, -0.25) is 0 Å². The summed E-state index contributed by atoms with van der Waals surface area (Å²) in [7, 11) is 0. The summed E-state index contributed by atoms with van der Waals surface area (Å²) in [6.07, 6.45) is 0. The van der Waals surface area contributed by atoms with Gasteiger partial charge >= 0.3 is 0 Å². The van der Waals surface area contributed by atoms with Crippen LogP contribution in [0.25, 0.3) is 10.8 Å². The molecule has 0 saturated heterocycles. The SMILES string of the molecule is CCOc1ccc2c3c(cccc13)SC2=Nc1ccc(C#N)cc1. The van der Waals surface area contributed by atoms with E-state index in [-0.39, 0.29) is 0 Å². The second-order valence-electron chi connectivity index (χ2n) is 5.40. The van der Waals surface area contributed by atoms with Gasteiger partial charge in [-0.2, -0.15) is 5.26 Å². The molecule has 4 heteroatoms. The summed E-state index contributed by atoms with van der Waals surface area (Å²) >= 11 is 1.68. The van der Waals surface area contributed by atoms with Gasteiger partial charge in [0.1, 0.15) is 10.8 Å². The minimum atomic E-state index is 0.643. The predicted octanol–water partition coefficient (Wildman–Crippen LogP) is 5.29. The van der Waals surface area contributed by atoms with Crippen LogP contribution in [0.2, 0.25) is 0 Å². The van der Waals surface area contributed by atoms with Crippen molar-refractivity contribution in [2.45, 2.75) is 11.8 Å². The fourth-order valence-corrected chi connectivity index (χ4v) is 3.97. The molecule has 0 fully saturated rings. The highest BCUT2D eigenvalue weighted by atomic mass is 32.2. The van der Waals surface area contributed by atoms with Gasteiger partial charge < -0.3 is 4.74 Å². The number of aliphatic imine (C=N–C) groups is 1. The van der Waals surface area contributed by atoms with Gasteiger partial charge in [0.05, 0.1) is 23.9 Å². The zero-order valence-corrected chi connectivity index (χ0v) is 13.9. The lowest BCUT2D eigenvalue weighted by Crippen LogP contribution is -1.95. The van der Waals surface area contributed by atoms with E-state index in [0.29, 0.717) is 12.2 Å². The molecule has 0 aromatic heterocycles. The van der Waals surface area contributed by atoms with Crippen molar-refractivity contribution in [3.8, 4) is 11.8 Å². The van der Waals surface area contributed by atoms with Crippen LogP contribution in [0.15, 0.2) is 64.5 Å². The molecule has 24 heavy (non-hydrogen) atoms. The van der Waals surface area contributed by atoms with Gasteiger partial charge in [-0.25, -0.2) is 4.99 Å². The van der Waals surface area contributed by atoms with Gasteiger partial charge in [0.15, 0.2) is 0 Å². The van der Waals surface area contributed by atoms with Crippen LogP contribution in [0.5, 0.6) is 5.75 Å². The zero-order valence-electron chi connectivity index (χ0n) is 13.1. The third-order valence-corrected chi connectivity index (χ3v) is 4.99. The van der Waals surface area contributed by atoms with Crippen LogP contribution in [0.1, 0.15) is 18.1 Å². The fraction of sp³-hybridized carbons (Fsp3) is 0.100. The van der Waals surface area contributed by atoms with Gasteiger partial charge in [0.25, 0.3) is 0 Å². The molecule has 0 atom stereocenters. The van der Waals surface area contributed by atoms with Crippen molar-refractivity contribution < 1.29 is 4.74 Å². The molecule has 0 amide bonds. The Labute approximate surface area is 144 Å². The van der Waals surface area contributed by atoms with E-state index in [2.05, 4.69) is 30.3 Å². The Bertz CT molecular complexity index is 1000. The summed E-state index contributed by atoms with van der Waals surface area (Å²) in [6, 6.07) is 19.8. The highest BCUT2D eigenvalue weighted by Crippen LogP contribution is 2.44. The highest BCUT2D eigenvalue weighted by molar-refractivity contribution is 8.15. The number of thioether (sulfide) groups is 1. The zero-order chi connectivity index (χ0) is 16.5. The molecule has 0 N–H and O–H groups in total. The summed E-state index contributed by atoms with van der Waals surface area (Å²) in [5.74, 6) is 0.915. The predicted molar refractivity (Wildman–Crippen MR) is 98.3 cm³/mol. The Balaban J connectivity index is 1.82. The van der Waals surface area contributed by atoms with E-state index in [4.69, 9.17) is 15.0 Å². The van der Waals surface area contributed by atoms with Gasteiger partial charge in [-0.1, -0.05) is 23.9 Å². The van der Waals surface area contributed by atoms with Gasteiger partial charge in [0, 0.05) is 21.2 Å². The van der Waals surface area contributed by atoms with E-state index in [0.717, 1.165) is 27.4 Å². The van der Waals surface area contributed by atoms with Crippen LogP contribution in [-0.4, -0.2) is 11.7 Å². The van der Waals surface area contributed by atoms with Crippen LogP contribution in [0, 0.1) is 11.3 Å². The average molecular weight is 330 g/mol. The normalized spacial score (nSPS) is 14.1. The summed E-state index contributed by atoms with van der Waals surface area (Å²) in [4.78, 5) is 5.98. The van der Waals surface area contributed by atoms with Crippen molar-refractivity contribution in [2.75, 3.05) is 6.61 Å². The summed E-state index contributed by atoms with van der Waals surface area (Å²) in [5.41, 5.74) is 2.63. The molecular weight excluding hydrogens is 316 g/mol. The number of nitrogens with zero attached hydrogens (tertiary/aromatic N) is 2. The first-order valence-electron chi connectivity index (χ1n) is 7.76. The molecule has 3 aromatic carbocycles. The first kappa shape index (κ1) is 14.8. The second-order valence-corrected chi connectivity index (χ2v) is 6.43. The molecule has 4 rings (SSSR count). The first-order valence-corrected chi connectivity index (χ1v) is 8.57. The first-order chi connectivity index (χ1) is 11.8. The quantitative estimate of drug-likeness (QED) is 0.655. The van der Waals surface area contributed by atoms with Crippen LogP contribution in [-0.2, 0) is 0 Å². The van der Waals surface area contributed by atoms with Crippen molar-refractivity contribution in [1.29, 1.82) is 5.26 Å². The van der Waals surface area contributed by atoms with Crippen molar-refractivity contribution in [2.24, 2.45) is 4.99 Å². The monoisotopic (exact) mass is 330 g/mol. The van der Waals surface area contributed by atoms with E-state index in [9.17, 15) is 0 Å². The largest absolute Gasteiger partial charge is 0.493 e. The molecule has 0 radical (unpaired) electrons. The van der Waals surface area contributed by atoms with Crippen LogP contribution in [0.4, 0.5) is 5.69 Å². The third-order valence-electron chi connectivity index (χ3n) is 3.93. The summed E-state index contributed by atoms with van der Waals surface area (Å²) < 4.78 is 5.76. The molecule has 116 valence electrons. The molecule has 0 saturated carbocycles. The number of rotatable bonds is 3. The maximum Gasteiger partial charge on any atom is 0.127 e. The molecule has 3 nitrogen and oxygen atoms in total. The smallest absolute Gasteiger partial charge is 0.127 e. The van der Waals surface area contributed by atoms with Crippen molar-refractivity contribution in [3.63, 3.8) is 0 Å². The van der Waals surface area contributed by atoms with Crippen molar-refractivity contribution in [3.05, 3.63) is 65.7 Å². The minimum absolute atomic E-state index is 0.643. The number of nitriles is 1. The Morgan fingerprint density at radius 1 is 1.08 bits per heavy atom. The molecule has 0 unspecified atom stereocenters. The molecule has 0 spiro atoms. The third kappa shape index (κ3) is 2.44. The van der Waals surface area contributed by atoms with Crippen molar-refractivity contribution in [1.82, 2.24) is 0 Å². The molecule has 0 bridgehead atoms. The Kier molecular flexibility index (Phi) is 3.72. The lowest BCUT2D eigenvalue weighted by molar-refractivity contribution is 0.344. The Morgan fingerprint density at radius 3 is 2.67 bits per heavy atom. The van der Waals surface area contributed by atoms with Crippen molar-refractivity contribution >= 4 is 33.3 Å². The average Bonchev–Trinajstić information content (AvgIpc) is 2.97. The summed E-state index contributed by atoms with van der Waals surface area (Å²) in [5, 5.41) is 12.2. The molecule has 3 aromatic rings. The minimum Gasteiger partial charge on any atom is -0.493 e. The second kappa shape index (κ2) is 6.03. The van der Waals surface area contributed by atoms with E-state index in [1.54, 1.807) is 23.9 Å². The number of benzene rings is 3. The maximum atomic E-state index is 8.90. The van der Waals surface area contributed by atoms with Crippen LogP contribution >= 0.6 is 11.8 Å². The number of ether oxygens (including phenoxy) is 1. The van der Waals surface area contributed by atoms with E-state index in [1.165, 1.54) is 10.3 Å². The number of hydrogen-bond donors (Lipinski definition) is 0. The topological polar surface area (TPSA) is 45.4 Å². The maximum absolute atomic E-state index is 8.90. The van der Waals surface area contributed by atoms with Crippen LogP contribution in [0.3, 0.4) is 0 Å². The van der Waals surface area contributed by atoms with Gasteiger partial charge in [-0.15, -0.1) is 0 Å². The van der Waals surface area contributed by atoms with E-state index >= 15 is 0 Å². The number of hydrogen-bond acceptors (Lipinski definition) is 4.